The van der Waals surface area contributed by atoms with Gasteiger partial charge in [0, 0.05) is 11.6 Å². The van der Waals surface area contributed by atoms with Crippen LogP contribution in [0.5, 0.6) is 5.75 Å². The zero-order valence-electron chi connectivity index (χ0n) is 13.0. The van der Waals surface area contributed by atoms with Gasteiger partial charge in [-0.3, -0.25) is 4.79 Å². The zero-order chi connectivity index (χ0) is 15.9. The number of carbonyl (C=O) groups is 1. The van der Waals surface area contributed by atoms with E-state index in [0.29, 0.717) is 29.5 Å². The lowest BCUT2D eigenvalue weighted by atomic mass is 10.2. The molecule has 5 nitrogen and oxygen atoms in total. The van der Waals surface area contributed by atoms with E-state index in [0.717, 1.165) is 5.69 Å². The number of nitrogens with zero attached hydrogens (tertiary/aromatic N) is 1. The normalized spacial score (nSPS) is 11.1. The van der Waals surface area contributed by atoms with Crippen molar-refractivity contribution in [3.63, 3.8) is 0 Å². The number of hydrogen-bond donors (Lipinski definition) is 1. The van der Waals surface area contributed by atoms with Gasteiger partial charge in [0.15, 0.2) is 5.76 Å². The van der Waals surface area contributed by atoms with Crippen LogP contribution >= 0.6 is 0 Å². The smallest absolute Gasteiger partial charge is 0.251 e. The van der Waals surface area contributed by atoms with Crippen LogP contribution in [0.15, 0.2) is 40.9 Å². The number of rotatable bonds is 6. The van der Waals surface area contributed by atoms with E-state index in [1.54, 1.807) is 31.4 Å². The minimum Gasteiger partial charge on any atom is -0.497 e. The van der Waals surface area contributed by atoms with Gasteiger partial charge in [-0.05, 0) is 36.3 Å². The number of amides is 1. The lowest BCUT2D eigenvalue weighted by Gasteiger charge is -2.04. The molecule has 116 valence electrons. The lowest BCUT2D eigenvalue weighted by molar-refractivity contribution is 0.0947. The summed E-state index contributed by atoms with van der Waals surface area (Å²) in [4.78, 5) is 12.0. The predicted octanol–water partition coefficient (Wildman–Crippen LogP) is 3.28. The molecular formula is C17H20N2O3. The molecule has 22 heavy (non-hydrogen) atoms. The van der Waals surface area contributed by atoms with Crippen molar-refractivity contribution < 1.29 is 14.1 Å². The Balaban J connectivity index is 1.90. The van der Waals surface area contributed by atoms with Crippen molar-refractivity contribution in [2.45, 2.75) is 20.4 Å². The second-order valence-electron chi connectivity index (χ2n) is 5.23. The first kappa shape index (κ1) is 15.8. The summed E-state index contributed by atoms with van der Waals surface area (Å²) in [6.07, 6.45) is 3.94. The molecule has 0 saturated heterocycles. The molecule has 0 fully saturated rings. The summed E-state index contributed by atoms with van der Waals surface area (Å²) < 4.78 is 10.2. The van der Waals surface area contributed by atoms with Gasteiger partial charge in [-0.1, -0.05) is 25.1 Å². The van der Waals surface area contributed by atoms with Crippen LogP contribution in [0.2, 0.25) is 0 Å². The van der Waals surface area contributed by atoms with E-state index in [-0.39, 0.29) is 5.91 Å². The number of nitrogens with one attached hydrogen (secondary N) is 1. The van der Waals surface area contributed by atoms with Gasteiger partial charge in [0.2, 0.25) is 0 Å². The number of aromatic nitrogens is 1. The molecule has 0 unspecified atom stereocenters. The predicted molar refractivity (Wildman–Crippen MR) is 84.5 cm³/mol. The summed E-state index contributed by atoms with van der Waals surface area (Å²) in [7, 11) is 1.59. The monoisotopic (exact) mass is 300 g/mol. The van der Waals surface area contributed by atoms with Crippen molar-refractivity contribution in [2.75, 3.05) is 7.11 Å². The highest BCUT2D eigenvalue weighted by molar-refractivity contribution is 5.94. The van der Waals surface area contributed by atoms with Crippen molar-refractivity contribution >= 4 is 12.0 Å². The van der Waals surface area contributed by atoms with Crippen molar-refractivity contribution in [1.29, 1.82) is 0 Å². The molecule has 0 atom stereocenters. The average Bonchev–Trinajstić information content (AvgIpc) is 2.98. The van der Waals surface area contributed by atoms with Crippen LogP contribution in [0.1, 0.15) is 35.7 Å². The Morgan fingerprint density at radius 1 is 1.36 bits per heavy atom. The van der Waals surface area contributed by atoms with Crippen LogP contribution in [0.3, 0.4) is 0 Å². The maximum Gasteiger partial charge on any atom is 0.251 e. The number of hydrogen-bond acceptors (Lipinski definition) is 4. The van der Waals surface area contributed by atoms with Crippen molar-refractivity contribution in [2.24, 2.45) is 5.92 Å². The summed E-state index contributed by atoms with van der Waals surface area (Å²) >= 11 is 0. The fourth-order valence-electron chi connectivity index (χ4n) is 1.79. The Bertz CT molecular complexity index is 642. The highest BCUT2D eigenvalue weighted by atomic mass is 16.5. The van der Waals surface area contributed by atoms with Gasteiger partial charge in [0.25, 0.3) is 5.91 Å². The van der Waals surface area contributed by atoms with Gasteiger partial charge in [0.05, 0.1) is 13.7 Å². The number of ether oxygens (including phenoxy) is 1. The molecule has 0 aliphatic carbocycles. The average molecular weight is 300 g/mol. The van der Waals surface area contributed by atoms with Crippen molar-refractivity contribution in [3.8, 4) is 5.75 Å². The minimum absolute atomic E-state index is 0.168. The highest BCUT2D eigenvalue weighted by Crippen LogP contribution is 2.12. The first-order chi connectivity index (χ1) is 10.6. The fraction of sp³-hybridized carbons (Fsp3) is 0.294. The van der Waals surface area contributed by atoms with Gasteiger partial charge >= 0.3 is 0 Å². The van der Waals surface area contributed by atoms with Gasteiger partial charge in [-0.25, -0.2) is 0 Å². The molecule has 1 N–H and O–H groups in total. The first-order valence-corrected chi connectivity index (χ1v) is 7.14. The zero-order valence-corrected chi connectivity index (χ0v) is 13.0. The third kappa shape index (κ3) is 4.48. The van der Waals surface area contributed by atoms with E-state index in [1.165, 1.54) is 0 Å². The van der Waals surface area contributed by atoms with Crippen LogP contribution in [0, 0.1) is 5.92 Å². The van der Waals surface area contributed by atoms with Crippen LogP contribution in [0.4, 0.5) is 0 Å². The van der Waals surface area contributed by atoms with Gasteiger partial charge in [-0.15, -0.1) is 0 Å². The van der Waals surface area contributed by atoms with Gasteiger partial charge < -0.3 is 14.6 Å². The Hall–Kier alpha value is -2.56. The van der Waals surface area contributed by atoms with E-state index in [2.05, 4.69) is 24.3 Å². The van der Waals surface area contributed by atoms with Crippen LogP contribution in [-0.4, -0.2) is 18.2 Å². The lowest BCUT2D eigenvalue weighted by Crippen LogP contribution is -2.22. The van der Waals surface area contributed by atoms with E-state index in [4.69, 9.17) is 9.26 Å². The molecule has 0 radical (unpaired) electrons. The number of carbonyl (C=O) groups excluding carboxylic acids is 1. The summed E-state index contributed by atoms with van der Waals surface area (Å²) in [6, 6.07) is 8.74. The van der Waals surface area contributed by atoms with Crippen molar-refractivity contribution in [3.05, 3.63) is 53.4 Å². The molecule has 1 aromatic heterocycles. The third-order valence-electron chi connectivity index (χ3n) is 3.00. The molecule has 2 rings (SSSR count). The largest absolute Gasteiger partial charge is 0.497 e. The van der Waals surface area contributed by atoms with Gasteiger partial charge in [0.1, 0.15) is 11.4 Å². The molecule has 0 aliphatic rings. The minimum atomic E-state index is -0.168. The summed E-state index contributed by atoms with van der Waals surface area (Å²) in [5.74, 6) is 1.62. The molecule has 5 heteroatoms. The quantitative estimate of drug-likeness (QED) is 0.889. The topological polar surface area (TPSA) is 64.4 Å². The van der Waals surface area contributed by atoms with Crippen LogP contribution < -0.4 is 10.1 Å². The summed E-state index contributed by atoms with van der Waals surface area (Å²) in [6.45, 7) is 4.48. The highest BCUT2D eigenvalue weighted by Gasteiger charge is 2.08. The molecule has 1 amide bonds. The first-order valence-electron chi connectivity index (χ1n) is 7.14. The Labute approximate surface area is 130 Å². The van der Waals surface area contributed by atoms with E-state index < -0.39 is 0 Å². The molecule has 1 aromatic carbocycles. The number of allylic oxidation sites excluding steroid dienone is 1. The van der Waals surface area contributed by atoms with E-state index in [1.807, 2.05) is 18.2 Å². The molecule has 0 saturated carbocycles. The standard InChI is InChI=1S/C17H20N2O3/c1-12(2)4-7-14-10-16(22-19-14)11-18-17(20)13-5-8-15(21-3)9-6-13/h4-10,12H,11H2,1-3H3,(H,18,20)/b7-4+. The van der Waals surface area contributed by atoms with E-state index in [9.17, 15) is 4.79 Å². The fourth-order valence-corrected chi connectivity index (χ4v) is 1.79. The molecule has 0 spiro atoms. The number of benzene rings is 1. The van der Waals surface area contributed by atoms with Gasteiger partial charge in [-0.2, -0.15) is 0 Å². The second-order valence-corrected chi connectivity index (χ2v) is 5.23. The SMILES string of the molecule is COc1ccc(C(=O)NCc2cc(/C=C/C(C)C)no2)cc1. The molecule has 0 bridgehead atoms. The van der Waals surface area contributed by atoms with Crippen LogP contribution in [0.25, 0.3) is 6.08 Å². The molecule has 0 aliphatic heterocycles. The number of methoxy groups -OCH3 is 1. The Morgan fingerprint density at radius 2 is 2.09 bits per heavy atom. The maximum absolute atomic E-state index is 12.0. The second kappa shape index (κ2) is 7.45. The maximum atomic E-state index is 12.0. The summed E-state index contributed by atoms with van der Waals surface area (Å²) in [5, 5.41) is 6.73. The summed E-state index contributed by atoms with van der Waals surface area (Å²) in [5.41, 5.74) is 1.32. The third-order valence-corrected chi connectivity index (χ3v) is 3.00. The Morgan fingerprint density at radius 3 is 2.73 bits per heavy atom. The van der Waals surface area contributed by atoms with Crippen LogP contribution in [-0.2, 0) is 6.54 Å². The molecular weight excluding hydrogens is 280 g/mol. The Kier molecular flexibility index (Phi) is 5.36. The van der Waals surface area contributed by atoms with Crippen molar-refractivity contribution in [1.82, 2.24) is 10.5 Å². The molecule has 1 heterocycles. The van der Waals surface area contributed by atoms with E-state index >= 15 is 0 Å². The molecule has 2 aromatic rings.